The van der Waals surface area contributed by atoms with Crippen LogP contribution in [0.5, 0.6) is 0 Å². The van der Waals surface area contributed by atoms with E-state index >= 15 is 0 Å². The zero-order valence-corrected chi connectivity index (χ0v) is 19.4. The van der Waals surface area contributed by atoms with Crippen molar-refractivity contribution in [2.75, 3.05) is 0 Å². The standard InChI is InChI=1S/C13H2Cl8S3/c14-3-1-5(16)6(2-4(3)15)23-13(22)24-12-10(20)8(18)7(17)9(19)11(12)21/h1-2H. The molecule has 0 radical (unpaired) electrons. The predicted octanol–water partition coefficient (Wildman–Crippen LogP) is 10.1. The van der Waals surface area contributed by atoms with Gasteiger partial charge >= 0.3 is 0 Å². The van der Waals surface area contributed by atoms with Crippen LogP contribution in [0.25, 0.3) is 0 Å². The van der Waals surface area contributed by atoms with E-state index in [1.54, 1.807) is 6.07 Å². The van der Waals surface area contributed by atoms with Crippen LogP contribution in [0.2, 0.25) is 40.2 Å². The molecule has 0 saturated heterocycles. The second kappa shape index (κ2) is 9.16. The van der Waals surface area contributed by atoms with Gasteiger partial charge in [0, 0.05) is 4.90 Å². The van der Waals surface area contributed by atoms with Gasteiger partial charge in [0.1, 0.15) is 3.53 Å². The summed E-state index contributed by atoms with van der Waals surface area (Å²) in [6.45, 7) is 0. The summed E-state index contributed by atoms with van der Waals surface area (Å²) in [5, 5.41) is 1.78. The molecule has 0 fully saturated rings. The number of thioether (sulfide) groups is 2. The molecule has 0 unspecified atom stereocenters. The maximum atomic E-state index is 6.19. The minimum Gasteiger partial charge on any atom is -0.0830 e. The van der Waals surface area contributed by atoms with E-state index in [4.69, 9.17) is 105 Å². The van der Waals surface area contributed by atoms with Crippen molar-refractivity contribution in [1.29, 1.82) is 0 Å². The van der Waals surface area contributed by atoms with E-state index in [1.807, 2.05) is 0 Å². The molecule has 0 N–H and O–H groups in total. The van der Waals surface area contributed by atoms with Gasteiger partial charge in [-0.2, -0.15) is 0 Å². The number of hydrogen-bond donors (Lipinski definition) is 0. The van der Waals surface area contributed by atoms with E-state index < -0.39 is 0 Å². The van der Waals surface area contributed by atoms with Gasteiger partial charge in [-0.15, -0.1) is 0 Å². The minimum absolute atomic E-state index is 0.0868. The molecule has 24 heavy (non-hydrogen) atoms. The van der Waals surface area contributed by atoms with Gasteiger partial charge in [0.15, 0.2) is 0 Å². The van der Waals surface area contributed by atoms with Crippen LogP contribution >= 0.6 is 129 Å². The largest absolute Gasteiger partial charge is 0.113 e. The lowest BCUT2D eigenvalue weighted by atomic mass is 10.3. The Labute approximate surface area is 192 Å². The SMILES string of the molecule is S=C(Sc1cc(Cl)c(Cl)cc1Cl)Sc1c(Cl)c(Cl)c(Cl)c(Cl)c1Cl. The van der Waals surface area contributed by atoms with E-state index in [-0.39, 0.29) is 25.1 Å². The van der Waals surface area contributed by atoms with E-state index in [0.29, 0.717) is 28.4 Å². The van der Waals surface area contributed by atoms with Crippen molar-refractivity contribution in [2.24, 2.45) is 0 Å². The highest BCUT2D eigenvalue weighted by Gasteiger charge is 2.21. The Morgan fingerprint density at radius 3 is 1.62 bits per heavy atom. The van der Waals surface area contributed by atoms with Crippen molar-refractivity contribution < 1.29 is 0 Å². The van der Waals surface area contributed by atoms with E-state index in [1.165, 1.54) is 17.8 Å². The summed E-state index contributed by atoms with van der Waals surface area (Å²) in [5.74, 6) is 0. The normalized spacial score (nSPS) is 11.0. The van der Waals surface area contributed by atoms with E-state index in [0.717, 1.165) is 11.8 Å². The first-order valence-corrected chi connectivity index (χ1v) is 10.8. The predicted molar refractivity (Wildman–Crippen MR) is 117 cm³/mol. The maximum absolute atomic E-state index is 6.19. The fourth-order valence-electron chi connectivity index (χ4n) is 1.45. The molecular formula is C13H2Cl8S3. The monoisotopic (exact) mass is 534 g/mol. The Balaban J connectivity index is 2.30. The minimum atomic E-state index is 0.0868. The molecule has 0 aromatic heterocycles. The van der Waals surface area contributed by atoms with Gasteiger partial charge in [-0.05, 0) is 12.1 Å². The fraction of sp³-hybridized carbons (Fsp3) is 0. The first kappa shape index (κ1) is 21.8. The Morgan fingerprint density at radius 2 is 1.08 bits per heavy atom. The number of halogens is 8. The number of hydrogen-bond acceptors (Lipinski definition) is 3. The molecule has 0 aliphatic rings. The topological polar surface area (TPSA) is 0 Å². The Kier molecular flexibility index (Phi) is 8.34. The Morgan fingerprint density at radius 1 is 0.625 bits per heavy atom. The summed E-state index contributed by atoms with van der Waals surface area (Å²) >= 11 is 56.1. The van der Waals surface area contributed by atoms with Crippen LogP contribution < -0.4 is 0 Å². The van der Waals surface area contributed by atoms with Gasteiger partial charge in [-0.25, -0.2) is 0 Å². The van der Waals surface area contributed by atoms with E-state index in [9.17, 15) is 0 Å². The van der Waals surface area contributed by atoms with Gasteiger partial charge in [-0.3, -0.25) is 0 Å². The Hall–Kier alpha value is 1.55. The fourth-order valence-corrected chi connectivity index (χ4v) is 5.93. The van der Waals surface area contributed by atoms with Crippen molar-refractivity contribution in [3.63, 3.8) is 0 Å². The lowest BCUT2D eigenvalue weighted by molar-refractivity contribution is 1.47. The smallest absolute Gasteiger partial charge is 0.0830 e. The van der Waals surface area contributed by atoms with Gasteiger partial charge in [0.2, 0.25) is 0 Å². The Bertz CT molecular complexity index is 808. The molecule has 11 heteroatoms. The van der Waals surface area contributed by atoms with Crippen LogP contribution in [0.4, 0.5) is 0 Å². The van der Waals surface area contributed by atoms with Gasteiger partial charge in [0.25, 0.3) is 0 Å². The third-order valence-electron chi connectivity index (χ3n) is 2.52. The molecule has 0 bridgehead atoms. The van der Waals surface area contributed by atoms with Gasteiger partial charge in [-0.1, -0.05) is 129 Å². The molecule has 0 heterocycles. The van der Waals surface area contributed by atoms with E-state index in [2.05, 4.69) is 0 Å². The van der Waals surface area contributed by atoms with Crippen molar-refractivity contribution in [2.45, 2.75) is 9.79 Å². The molecule has 2 rings (SSSR count). The van der Waals surface area contributed by atoms with Gasteiger partial charge < -0.3 is 0 Å². The summed E-state index contributed by atoms with van der Waals surface area (Å²) in [7, 11) is 0. The molecule has 0 aliphatic heterocycles. The van der Waals surface area contributed by atoms with Crippen LogP contribution in [0, 0.1) is 0 Å². The molecule has 0 saturated carbocycles. The molecule has 0 atom stereocenters. The summed E-state index contributed by atoms with van der Waals surface area (Å²) in [5.41, 5.74) is 0. The summed E-state index contributed by atoms with van der Waals surface area (Å²) < 4.78 is 0.452. The number of benzene rings is 2. The third-order valence-corrected chi connectivity index (χ3v) is 8.67. The van der Waals surface area contributed by atoms with Crippen molar-refractivity contribution >= 4 is 132 Å². The van der Waals surface area contributed by atoms with Crippen LogP contribution in [-0.4, -0.2) is 3.53 Å². The quantitative estimate of drug-likeness (QED) is 0.162. The van der Waals surface area contributed by atoms with Crippen LogP contribution in [0.1, 0.15) is 0 Å². The average Bonchev–Trinajstić information content (AvgIpc) is 2.53. The van der Waals surface area contributed by atoms with Crippen molar-refractivity contribution in [3.8, 4) is 0 Å². The third kappa shape index (κ3) is 4.88. The highest BCUT2D eigenvalue weighted by molar-refractivity contribution is 8.47. The summed E-state index contributed by atoms with van der Waals surface area (Å²) in [6, 6.07) is 3.16. The molecule has 128 valence electrons. The molecule has 2 aromatic rings. The second-order valence-corrected chi connectivity index (χ2v) is 10.4. The average molecular weight is 538 g/mol. The number of rotatable bonds is 2. The van der Waals surface area contributed by atoms with Gasteiger partial charge in [0.05, 0.1) is 45.1 Å². The maximum Gasteiger partial charge on any atom is 0.113 e. The first-order valence-electron chi connectivity index (χ1n) is 5.69. The number of thiocarbonyl (C=S) groups is 1. The first-order chi connectivity index (χ1) is 11.1. The summed E-state index contributed by atoms with van der Waals surface area (Å²) in [6.07, 6.45) is 0. The zero-order valence-electron chi connectivity index (χ0n) is 10.9. The highest BCUT2D eigenvalue weighted by Crippen LogP contribution is 2.49. The van der Waals surface area contributed by atoms with Crippen molar-refractivity contribution in [1.82, 2.24) is 0 Å². The molecular weight excluding hydrogens is 536 g/mol. The second-order valence-electron chi connectivity index (χ2n) is 4.05. The lowest BCUT2D eigenvalue weighted by Gasteiger charge is -2.12. The molecule has 0 amide bonds. The molecule has 0 aliphatic carbocycles. The van der Waals surface area contributed by atoms with Crippen LogP contribution in [0.3, 0.4) is 0 Å². The van der Waals surface area contributed by atoms with Crippen LogP contribution in [-0.2, 0) is 0 Å². The zero-order chi connectivity index (χ0) is 18.2. The van der Waals surface area contributed by atoms with Crippen molar-refractivity contribution in [3.05, 3.63) is 52.3 Å². The highest BCUT2D eigenvalue weighted by atomic mass is 35.5. The molecule has 0 nitrogen and oxygen atoms in total. The summed E-state index contributed by atoms with van der Waals surface area (Å²) in [4.78, 5) is 1.05. The van der Waals surface area contributed by atoms with Crippen LogP contribution in [0.15, 0.2) is 21.9 Å². The molecule has 2 aromatic carbocycles. The molecule has 0 spiro atoms. The lowest BCUT2D eigenvalue weighted by Crippen LogP contribution is -1.88.